The maximum atomic E-state index is 13.1. The van der Waals surface area contributed by atoms with Gasteiger partial charge in [-0.3, -0.25) is 4.79 Å². The van der Waals surface area contributed by atoms with Gasteiger partial charge >= 0.3 is 12.1 Å². The molecule has 0 aromatic heterocycles. The fraction of sp³-hybridized carbons (Fsp3) is 0.556. The molecule has 16 nitrogen and oxygen atoms in total. The van der Waals surface area contributed by atoms with Gasteiger partial charge in [0.2, 0.25) is 0 Å². The van der Waals surface area contributed by atoms with E-state index in [1.807, 2.05) is 0 Å². The van der Waals surface area contributed by atoms with E-state index in [0.29, 0.717) is 162 Å². The minimum absolute atomic E-state index is 0.00879. The molecule has 64 heavy (non-hydrogen) atoms. The molecule has 0 heterocycles. The fourth-order valence-electron chi connectivity index (χ4n) is 5.13. The van der Waals surface area contributed by atoms with Crippen molar-refractivity contribution in [1.82, 2.24) is 0 Å². The molecule has 0 aliphatic rings. The number of nitrogens with one attached hydrogen (secondary N) is 1. The molecule has 1 N–H and O–H groups in total. The first-order chi connectivity index (χ1) is 31.4. The van der Waals surface area contributed by atoms with E-state index in [1.165, 1.54) is 18.2 Å². The molecular formula is C45H62F3NO15. The number of esters is 1. The number of ether oxygens (including phenoxy) is 13. The minimum atomic E-state index is -4.48. The van der Waals surface area contributed by atoms with E-state index in [9.17, 15) is 22.8 Å². The number of benzene rings is 3. The Morgan fingerprint density at radius 3 is 1.27 bits per heavy atom. The van der Waals surface area contributed by atoms with Crippen LogP contribution < -0.4 is 10.1 Å². The second kappa shape index (κ2) is 36.0. The van der Waals surface area contributed by atoms with Crippen LogP contribution in [0.4, 0.5) is 24.5 Å². The van der Waals surface area contributed by atoms with Gasteiger partial charge in [0.25, 0.3) is 0 Å². The van der Waals surface area contributed by atoms with Gasteiger partial charge < -0.3 is 66.9 Å². The quantitative estimate of drug-likeness (QED) is 0.0420. The van der Waals surface area contributed by atoms with Gasteiger partial charge in [-0.1, -0.05) is 18.2 Å². The number of alkyl halides is 3. The van der Waals surface area contributed by atoms with Crippen molar-refractivity contribution in [2.45, 2.75) is 6.18 Å². The van der Waals surface area contributed by atoms with Gasteiger partial charge in [0.15, 0.2) is 0 Å². The molecule has 0 radical (unpaired) electrons. The monoisotopic (exact) mass is 913 g/mol. The van der Waals surface area contributed by atoms with Crippen molar-refractivity contribution < 1.29 is 84.3 Å². The molecule has 3 rings (SSSR count). The van der Waals surface area contributed by atoms with Crippen LogP contribution in [0.3, 0.4) is 0 Å². The largest absolute Gasteiger partial charge is 0.491 e. The van der Waals surface area contributed by atoms with E-state index in [2.05, 4.69) is 5.32 Å². The predicted molar refractivity (Wildman–Crippen MR) is 228 cm³/mol. The molecule has 0 saturated carbocycles. The molecule has 3 aromatic carbocycles. The Morgan fingerprint density at radius 1 is 0.469 bits per heavy atom. The summed E-state index contributed by atoms with van der Waals surface area (Å²) in [6, 6.07) is 18.0. The van der Waals surface area contributed by atoms with Gasteiger partial charge in [-0.15, -0.1) is 0 Å². The summed E-state index contributed by atoms with van der Waals surface area (Å²) in [6.07, 6.45) is -3.69. The molecule has 0 fully saturated rings. The second-order valence-electron chi connectivity index (χ2n) is 13.2. The lowest BCUT2D eigenvalue weighted by atomic mass is 10.1. The van der Waals surface area contributed by atoms with Crippen LogP contribution >= 0.6 is 0 Å². The van der Waals surface area contributed by atoms with Crippen molar-refractivity contribution in [3.8, 4) is 5.75 Å². The molecule has 358 valence electrons. The van der Waals surface area contributed by atoms with Crippen molar-refractivity contribution in [3.63, 3.8) is 0 Å². The van der Waals surface area contributed by atoms with Crippen LogP contribution in [0, 0.1) is 0 Å². The average molecular weight is 914 g/mol. The predicted octanol–water partition coefficient (Wildman–Crippen LogP) is 5.68. The van der Waals surface area contributed by atoms with E-state index < -0.39 is 17.7 Å². The Morgan fingerprint density at radius 2 is 0.859 bits per heavy atom. The van der Waals surface area contributed by atoms with Gasteiger partial charge in [-0.25, -0.2) is 4.79 Å². The van der Waals surface area contributed by atoms with Crippen molar-refractivity contribution in [3.05, 3.63) is 89.5 Å². The third-order valence-corrected chi connectivity index (χ3v) is 8.31. The van der Waals surface area contributed by atoms with Gasteiger partial charge in [-0.05, 0) is 54.6 Å². The number of carbonyl (C=O) groups excluding carboxylic acids is 2. The van der Waals surface area contributed by atoms with E-state index in [1.54, 1.807) is 42.5 Å². The van der Waals surface area contributed by atoms with Crippen molar-refractivity contribution in [2.24, 2.45) is 0 Å². The topological polar surface area (TPSA) is 166 Å². The Labute approximate surface area is 372 Å². The summed E-state index contributed by atoms with van der Waals surface area (Å²) >= 11 is 0. The zero-order valence-electron chi connectivity index (χ0n) is 36.2. The molecule has 0 bridgehead atoms. The number of halogens is 3. The molecule has 0 amide bonds. The lowest BCUT2D eigenvalue weighted by Gasteiger charge is -2.13. The van der Waals surface area contributed by atoms with Gasteiger partial charge in [-0.2, -0.15) is 13.2 Å². The first-order valence-corrected chi connectivity index (χ1v) is 21.1. The van der Waals surface area contributed by atoms with Crippen LogP contribution in [0.1, 0.15) is 26.3 Å². The number of anilines is 2. The molecule has 0 saturated heterocycles. The summed E-state index contributed by atoms with van der Waals surface area (Å²) in [6.45, 7) is 9.67. The lowest BCUT2D eigenvalue weighted by Crippen LogP contribution is -2.16. The highest BCUT2D eigenvalue weighted by molar-refractivity contribution is 5.96. The zero-order chi connectivity index (χ0) is 45.6. The number of hydrogen-bond donors (Lipinski definition) is 1. The number of aldehydes is 1. The molecule has 0 aliphatic carbocycles. The third kappa shape index (κ3) is 27.2. The van der Waals surface area contributed by atoms with E-state index in [4.69, 9.17) is 61.6 Å². The van der Waals surface area contributed by atoms with E-state index in [-0.39, 0.29) is 24.5 Å². The molecular weight excluding hydrogens is 851 g/mol. The van der Waals surface area contributed by atoms with Crippen LogP contribution in [0.2, 0.25) is 0 Å². The standard InChI is InChI=1S/C45H62F3NO15/c46-45(47,48)39-4-3-5-40(36-39)49-43-7-2-1-6-42(43)44(51)64-35-33-62-31-29-60-27-25-58-23-21-56-19-17-54-15-13-52-12-14-53-16-18-55-20-22-57-24-26-59-28-30-61-32-34-63-41-10-8-38(37-50)9-11-41/h1-11,36-37,49H,12-35H2. The normalized spacial score (nSPS) is 11.5. The van der Waals surface area contributed by atoms with Gasteiger partial charge in [0.1, 0.15) is 25.2 Å². The summed E-state index contributed by atoms with van der Waals surface area (Å²) in [5.41, 5.74) is 0.497. The average Bonchev–Trinajstić information content (AvgIpc) is 3.30. The Kier molecular flexibility index (Phi) is 30.4. The highest BCUT2D eigenvalue weighted by Crippen LogP contribution is 2.32. The van der Waals surface area contributed by atoms with E-state index in [0.717, 1.165) is 18.4 Å². The number of carbonyl (C=O) groups is 2. The molecule has 3 aromatic rings. The Balaban J connectivity index is 0.956. The van der Waals surface area contributed by atoms with Crippen molar-refractivity contribution >= 4 is 23.6 Å². The fourth-order valence-corrected chi connectivity index (χ4v) is 5.13. The van der Waals surface area contributed by atoms with Gasteiger partial charge in [0.05, 0.1) is 162 Å². The van der Waals surface area contributed by atoms with Crippen LogP contribution in [0.25, 0.3) is 0 Å². The smallest absolute Gasteiger partial charge is 0.416 e. The highest BCUT2D eigenvalue weighted by atomic mass is 19.4. The summed E-state index contributed by atoms with van der Waals surface area (Å²) in [7, 11) is 0. The first kappa shape index (κ1) is 54.1. The van der Waals surface area contributed by atoms with Crippen LogP contribution in [0.5, 0.6) is 5.75 Å². The maximum absolute atomic E-state index is 13.1. The number of para-hydroxylation sites is 1. The SMILES string of the molecule is O=Cc1ccc(OCCOCCOCCOCCOCCOCCOCCOCCOCCOCCOCCOCCOC(=O)c2ccccc2Nc2cccc(C(F)(F)F)c2)cc1. The van der Waals surface area contributed by atoms with Crippen molar-refractivity contribution in [1.29, 1.82) is 0 Å². The Bertz CT molecular complexity index is 1620. The third-order valence-electron chi connectivity index (χ3n) is 8.31. The zero-order valence-corrected chi connectivity index (χ0v) is 36.2. The Hall–Kier alpha value is -4.25. The summed E-state index contributed by atoms with van der Waals surface area (Å²) in [5, 5.41) is 2.86. The molecule has 0 aliphatic heterocycles. The first-order valence-electron chi connectivity index (χ1n) is 21.1. The minimum Gasteiger partial charge on any atom is -0.491 e. The molecule has 0 spiro atoms. The van der Waals surface area contributed by atoms with E-state index >= 15 is 0 Å². The maximum Gasteiger partial charge on any atom is 0.416 e. The second-order valence-corrected chi connectivity index (χ2v) is 13.2. The molecule has 19 heteroatoms. The summed E-state index contributed by atoms with van der Waals surface area (Å²) < 4.78 is 110. The highest BCUT2D eigenvalue weighted by Gasteiger charge is 2.30. The van der Waals surface area contributed by atoms with Crippen molar-refractivity contribution in [2.75, 3.05) is 164 Å². The van der Waals surface area contributed by atoms with Crippen LogP contribution in [-0.4, -0.2) is 171 Å². The van der Waals surface area contributed by atoms with Crippen LogP contribution in [0.15, 0.2) is 72.8 Å². The number of rotatable bonds is 41. The van der Waals surface area contributed by atoms with Crippen LogP contribution in [-0.2, 0) is 63.0 Å². The lowest BCUT2D eigenvalue weighted by molar-refractivity contribution is -0.137. The molecule has 0 atom stereocenters. The summed E-state index contributed by atoms with van der Waals surface area (Å²) in [4.78, 5) is 23.3. The molecule has 0 unspecified atom stereocenters. The summed E-state index contributed by atoms with van der Waals surface area (Å²) in [5.74, 6) is 0.0560. The number of hydrogen-bond acceptors (Lipinski definition) is 16. The van der Waals surface area contributed by atoms with Gasteiger partial charge in [0, 0.05) is 11.3 Å².